The van der Waals surface area contributed by atoms with Crippen molar-refractivity contribution in [1.82, 2.24) is 9.80 Å². The van der Waals surface area contributed by atoms with Crippen molar-refractivity contribution in [2.24, 2.45) is 0 Å². The molecule has 0 bridgehead atoms. The van der Waals surface area contributed by atoms with Crippen LogP contribution in [0.2, 0.25) is 0 Å². The maximum Gasteiger partial charge on any atom is 0.312 e. The molecule has 7 heteroatoms. The van der Waals surface area contributed by atoms with Gasteiger partial charge in [0.15, 0.2) is 0 Å². The number of nitrogen functional groups attached to an aromatic ring is 1. The largest absolute Gasteiger partial charge is 0.398 e. The fourth-order valence-corrected chi connectivity index (χ4v) is 2.08. The van der Waals surface area contributed by atoms with Gasteiger partial charge in [0.1, 0.15) is 6.54 Å². The van der Waals surface area contributed by atoms with Gasteiger partial charge in [-0.25, -0.2) is 0 Å². The molecule has 1 fully saturated rings. The topological polar surface area (TPSA) is 95.7 Å². The summed E-state index contributed by atoms with van der Waals surface area (Å²) in [4.78, 5) is 37.9. The van der Waals surface area contributed by atoms with Crippen molar-refractivity contribution < 1.29 is 14.4 Å². The first-order valence-electron chi connectivity index (χ1n) is 6.59. The highest BCUT2D eigenvalue weighted by Gasteiger charge is 2.31. The van der Waals surface area contributed by atoms with Gasteiger partial charge in [0.25, 0.3) is 0 Å². The summed E-state index contributed by atoms with van der Waals surface area (Å²) in [5, 5.41) is 2.71. The van der Waals surface area contributed by atoms with E-state index in [0.717, 1.165) is 5.56 Å². The van der Waals surface area contributed by atoms with Gasteiger partial charge >= 0.3 is 11.8 Å². The van der Waals surface area contributed by atoms with Crippen LogP contribution < -0.4 is 11.1 Å². The molecular weight excluding hydrogens is 272 g/mol. The zero-order valence-corrected chi connectivity index (χ0v) is 12.0. The van der Waals surface area contributed by atoms with Crippen molar-refractivity contribution in [3.05, 3.63) is 23.8 Å². The molecule has 2 rings (SSSR count). The molecule has 0 unspecified atom stereocenters. The van der Waals surface area contributed by atoms with Gasteiger partial charge < -0.3 is 20.9 Å². The molecule has 1 aliphatic heterocycles. The quantitative estimate of drug-likeness (QED) is 0.596. The second-order valence-electron chi connectivity index (χ2n) is 5.02. The molecule has 0 saturated carbocycles. The highest BCUT2D eigenvalue weighted by molar-refractivity contribution is 6.35. The van der Waals surface area contributed by atoms with Crippen LogP contribution in [0.15, 0.2) is 18.2 Å². The summed E-state index contributed by atoms with van der Waals surface area (Å²) < 4.78 is 0. The van der Waals surface area contributed by atoms with E-state index in [9.17, 15) is 14.4 Å². The summed E-state index contributed by atoms with van der Waals surface area (Å²) >= 11 is 0. The molecule has 0 aromatic heterocycles. The van der Waals surface area contributed by atoms with Gasteiger partial charge in [0.2, 0.25) is 5.91 Å². The first-order chi connectivity index (χ1) is 9.90. The number of nitrogens with two attached hydrogens (primary N) is 1. The molecule has 1 aromatic carbocycles. The summed E-state index contributed by atoms with van der Waals surface area (Å²) in [6.45, 7) is 2.43. The normalized spacial score (nSPS) is 15.3. The molecule has 1 aliphatic rings. The van der Waals surface area contributed by atoms with Gasteiger partial charge in [-0.1, -0.05) is 6.07 Å². The Morgan fingerprint density at radius 1 is 1.29 bits per heavy atom. The Kier molecular flexibility index (Phi) is 4.11. The number of nitrogens with one attached hydrogen (secondary N) is 1. The fourth-order valence-electron chi connectivity index (χ4n) is 2.08. The van der Waals surface area contributed by atoms with Gasteiger partial charge in [0, 0.05) is 31.5 Å². The van der Waals surface area contributed by atoms with E-state index in [1.807, 2.05) is 0 Å². The Balaban J connectivity index is 2.01. The van der Waals surface area contributed by atoms with Crippen LogP contribution in [0, 0.1) is 6.92 Å². The molecule has 7 nitrogen and oxygen atoms in total. The summed E-state index contributed by atoms with van der Waals surface area (Å²) in [5.74, 6) is -1.59. The summed E-state index contributed by atoms with van der Waals surface area (Å²) in [7, 11) is 1.56. The monoisotopic (exact) mass is 290 g/mol. The van der Waals surface area contributed by atoms with E-state index in [2.05, 4.69) is 5.32 Å². The molecule has 1 saturated heterocycles. The van der Waals surface area contributed by atoms with Crippen LogP contribution in [0.25, 0.3) is 0 Å². The molecule has 0 atom stereocenters. The third-order valence-electron chi connectivity index (χ3n) is 3.51. The van der Waals surface area contributed by atoms with Crippen molar-refractivity contribution in [2.45, 2.75) is 6.92 Å². The number of likely N-dealkylation sites (N-methyl/N-ethyl adjacent to an activating group) is 1. The maximum absolute atomic E-state index is 12.0. The molecule has 112 valence electrons. The van der Waals surface area contributed by atoms with Crippen molar-refractivity contribution in [2.75, 3.05) is 37.7 Å². The Bertz CT molecular complexity index is 600. The number of benzene rings is 1. The number of amides is 3. The number of hydrogen-bond acceptors (Lipinski definition) is 4. The number of rotatable bonds is 3. The molecule has 21 heavy (non-hydrogen) atoms. The van der Waals surface area contributed by atoms with Crippen molar-refractivity contribution in [3.63, 3.8) is 0 Å². The minimum Gasteiger partial charge on any atom is -0.398 e. The van der Waals surface area contributed by atoms with E-state index in [1.165, 1.54) is 9.80 Å². The summed E-state index contributed by atoms with van der Waals surface area (Å²) in [6, 6.07) is 5.22. The SMILES string of the molecule is Cc1c(N)cccc1NC(=O)CN1CCN(C)C(=O)C1=O. The van der Waals surface area contributed by atoms with E-state index < -0.39 is 11.8 Å². The van der Waals surface area contributed by atoms with E-state index in [4.69, 9.17) is 5.73 Å². The molecule has 3 amide bonds. The number of hydrogen-bond donors (Lipinski definition) is 2. The molecule has 0 aliphatic carbocycles. The first-order valence-corrected chi connectivity index (χ1v) is 6.59. The van der Waals surface area contributed by atoms with Gasteiger partial charge in [-0.3, -0.25) is 14.4 Å². The van der Waals surface area contributed by atoms with Gasteiger partial charge in [-0.2, -0.15) is 0 Å². The highest BCUT2D eigenvalue weighted by Crippen LogP contribution is 2.20. The second-order valence-corrected chi connectivity index (χ2v) is 5.02. The number of carbonyl (C=O) groups excluding carboxylic acids is 3. The van der Waals surface area contributed by atoms with Crippen LogP contribution in [-0.4, -0.2) is 54.2 Å². The lowest BCUT2D eigenvalue weighted by molar-refractivity contribution is -0.155. The van der Waals surface area contributed by atoms with E-state index in [1.54, 1.807) is 32.2 Å². The van der Waals surface area contributed by atoms with Crippen LogP contribution in [0.5, 0.6) is 0 Å². The lowest BCUT2D eigenvalue weighted by Crippen LogP contribution is -2.54. The Morgan fingerprint density at radius 3 is 2.71 bits per heavy atom. The van der Waals surface area contributed by atoms with Crippen molar-refractivity contribution >= 4 is 29.1 Å². The van der Waals surface area contributed by atoms with Crippen molar-refractivity contribution in [3.8, 4) is 0 Å². The number of nitrogens with zero attached hydrogens (tertiary/aromatic N) is 2. The minimum atomic E-state index is -0.650. The van der Waals surface area contributed by atoms with Gasteiger partial charge in [-0.15, -0.1) is 0 Å². The van der Waals surface area contributed by atoms with Crippen LogP contribution in [0.1, 0.15) is 5.56 Å². The molecule has 1 heterocycles. The average Bonchev–Trinajstić information content (AvgIpc) is 2.45. The maximum atomic E-state index is 12.0. The first kappa shape index (κ1) is 14.8. The second kappa shape index (κ2) is 5.82. The molecule has 0 radical (unpaired) electrons. The predicted octanol–water partition coefficient (Wildman–Crippen LogP) is -0.184. The number of piperazine rings is 1. The lowest BCUT2D eigenvalue weighted by Gasteiger charge is -2.30. The van der Waals surface area contributed by atoms with Crippen LogP contribution in [-0.2, 0) is 14.4 Å². The lowest BCUT2D eigenvalue weighted by atomic mass is 10.1. The fraction of sp³-hybridized carbons (Fsp3) is 0.357. The third kappa shape index (κ3) is 3.13. The molecule has 1 aromatic rings. The van der Waals surface area contributed by atoms with Gasteiger partial charge in [0.05, 0.1) is 0 Å². The van der Waals surface area contributed by atoms with Crippen LogP contribution in [0.4, 0.5) is 11.4 Å². The molecule has 0 spiro atoms. The summed E-state index contributed by atoms with van der Waals surface area (Å²) in [5.41, 5.74) is 7.73. The Labute approximate surface area is 122 Å². The molecule has 3 N–H and O–H groups in total. The van der Waals surface area contributed by atoms with Crippen LogP contribution >= 0.6 is 0 Å². The Hall–Kier alpha value is -2.57. The zero-order chi connectivity index (χ0) is 15.6. The predicted molar refractivity (Wildman–Crippen MR) is 78.4 cm³/mol. The van der Waals surface area contributed by atoms with E-state index in [-0.39, 0.29) is 12.5 Å². The van der Waals surface area contributed by atoms with E-state index in [0.29, 0.717) is 24.5 Å². The van der Waals surface area contributed by atoms with E-state index >= 15 is 0 Å². The smallest absolute Gasteiger partial charge is 0.312 e. The molecular formula is C14H18N4O3. The minimum absolute atomic E-state index is 0.146. The average molecular weight is 290 g/mol. The number of anilines is 2. The zero-order valence-electron chi connectivity index (χ0n) is 12.0. The standard InChI is InChI=1S/C14H18N4O3/c1-9-10(15)4-3-5-11(9)16-12(19)8-18-7-6-17(2)13(20)14(18)21/h3-5H,6-8,15H2,1-2H3,(H,16,19). The third-order valence-corrected chi connectivity index (χ3v) is 3.51. The Morgan fingerprint density at radius 2 is 2.00 bits per heavy atom. The van der Waals surface area contributed by atoms with Gasteiger partial charge in [-0.05, 0) is 24.6 Å². The highest BCUT2D eigenvalue weighted by atomic mass is 16.2. The number of carbonyl (C=O) groups is 3. The van der Waals surface area contributed by atoms with Crippen LogP contribution in [0.3, 0.4) is 0 Å². The van der Waals surface area contributed by atoms with Crippen molar-refractivity contribution in [1.29, 1.82) is 0 Å². The summed E-state index contributed by atoms with van der Waals surface area (Å²) in [6.07, 6.45) is 0.